The predicted molar refractivity (Wildman–Crippen MR) is 87.4 cm³/mol. The van der Waals surface area contributed by atoms with Crippen molar-refractivity contribution in [1.82, 2.24) is 5.32 Å². The maximum Gasteiger partial charge on any atom is 0.0202 e. The molecule has 0 amide bonds. The number of hydrogen-bond acceptors (Lipinski definition) is 1. The van der Waals surface area contributed by atoms with Crippen LogP contribution in [0.15, 0.2) is 30.3 Å². The van der Waals surface area contributed by atoms with E-state index in [1.165, 1.54) is 38.9 Å². The monoisotopic (exact) mass is 267 g/mol. The average molecular weight is 267 g/mol. The fourth-order valence-electron chi connectivity index (χ4n) is 2.82. The van der Waals surface area contributed by atoms with Crippen molar-refractivity contribution in [1.29, 1.82) is 0 Å². The van der Waals surface area contributed by atoms with Crippen molar-refractivity contribution < 1.29 is 0 Å². The lowest BCUT2D eigenvalue weighted by atomic mass is 9.90. The van der Waals surface area contributed by atoms with Crippen LogP contribution in [0, 0.1) is 27.7 Å². The summed E-state index contributed by atoms with van der Waals surface area (Å²) in [5, 5.41) is 3.22. The van der Waals surface area contributed by atoms with Gasteiger partial charge in [0.25, 0.3) is 0 Å². The van der Waals surface area contributed by atoms with E-state index in [9.17, 15) is 0 Å². The topological polar surface area (TPSA) is 12.0 Å². The smallest absolute Gasteiger partial charge is 0.0202 e. The molecule has 0 atom stereocenters. The minimum atomic E-state index is 0.929. The fourth-order valence-corrected chi connectivity index (χ4v) is 2.82. The first-order chi connectivity index (χ1) is 9.52. The molecule has 0 aliphatic carbocycles. The molecule has 2 rings (SSSR count). The highest BCUT2D eigenvalue weighted by molar-refractivity contribution is 5.46. The Bertz CT molecular complexity index is 585. The maximum atomic E-state index is 3.22. The summed E-state index contributed by atoms with van der Waals surface area (Å²) >= 11 is 0. The summed E-state index contributed by atoms with van der Waals surface area (Å²) in [5.41, 5.74) is 9.91. The Hall–Kier alpha value is -1.60. The van der Waals surface area contributed by atoms with Crippen LogP contribution in [0.4, 0.5) is 0 Å². The molecule has 1 N–H and O–H groups in total. The largest absolute Gasteiger partial charge is 0.316 e. The summed E-state index contributed by atoms with van der Waals surface area (Å²) in [6.07, 6.45) is 1.03. The van der Waals surface area contributed by atoms with E-state index in [0.29, 0.717) is 0 Å². The van der Waals surface area contributed by atoms with Gasteiger partial charge in [-0.3, -0.25) is 0 Å². The zero-order valence-electron chi connectivity index (χ0n) is 13.3. The third-order valence-corrected chi connectivity index (χ3v) is 4.27. The van der Waals surface area contributed by atoms with Gasteiger partial charge < -0.3 is 5.32 Å². The minimum absolute atomic E-state index is 0.929. The van der Waals surface area contributed by atoms with E-state index in [-0.39, 0.29) is 0 Å². The summed E-state index contributed by atoms with van der Waals surface area (Å²) < 4.78 is 0. The summed E-state index contributed by atoms with van der Waals surface area (Å²) in [5.74, 6) is 0. The fraction of sp³-hybridized carbons (Fsp3) is 0.368. The normalized spacial score (nSPS) is 10.8. The minimum Gasteiger partial charge on any atom is -0.316 e. The number of nitrogens with one attached hydrogen (secondary N) is 1. The van der Waals surface area contributed by atoms with Crippen LogP contribution in [0.5, 0.6) is 0 Å². The third-order valence-electron chi connectivity index (χ3n) is 4.27. The van der Waals surface area contributed by atoms with Gasteiger partial charge in [-0.15, -0.1) is 0 Å². The van der Waals surface area contributed by atoms with Gasteiger partial charge in [0.15, 0.2) is 0 Å². The van der Waals surface area contributed by atoms with E-state index < -0.39 is 0 Å². The van der Waals surface area contributed by atoms with Crippen molar-refractivity contribution in [3.05, 3.63) is 69.3 Å². The lowest BCUT2D eigenvalue weighted by Crippen LogP contribution is -2.06. The molecule has 0 fully saturated rings. The number of benzene rings is 2. The molecule has 0 spiro atoms. The first-order valence-electron chi connectivity index (χ1n) is 7.31. The van der Waals surface area contributed by atoms with Crippen LogP contribution in [-0.2, 0) is 13.0 Å². The van der Waals surface area contributed by atoms with Crippen LogP contribution in [0.3, 0.4) is 0 Å². The molecule has 1 nitrogen and oxygen atoms in total. The van der Waals surface area contributed by atoms with E-state index in [4.69, 9.17) is 0 Å². The number of hydrogen-bond donors (Lipinski definition) is 1. The van der Waals surface area contributed by atoms with Gasteiger partial charge in [-0.1, -0.05) is 30.3 Å². The highest BCUT2D eigenvalue weighted by atomic mass is 14.8. The number of rotatable bonds is 4. The average Bonchev–Trinajstić information content (AvgIpc) is 2.42. The third kappa shape index (κ3) is 3.10. The van der Waals surface area contributed by atoms with Gasteiger partial charge in [-0.2, -0.15) is 0 Å². The first-order valence-corrected chi connectivity index (χ1v) is 7.31. The van der Waals surface area contributed by atoms with Gasteiger partial charge >= 0.3 is 0 Å². The van der Waals surface area contributed by atoms with Crippen LogP contribution in [0.1, 0.15) is 38.9 Å². The molecular weight excluding hydrogens is 242 g/mol. The maximum absolute atomic E-state index is 3.22. The van der Waals surface area contributed by atoms with E-state index in [1.807, 2.05) is 7.05 Å². The Labute approximate surface area is 123 Å². The molecule has 0 aromatic heterocycles. The first kappa shape index (κ1) is 14.8. The van der Waals surface area contributed by atoms with Crippen LogP contribution in [-0.4, -0.2) is 7.05 Å². The van der Waals surface area contributed by atoms with Crippen LogP contribution in [0.2, 0.25) is 0 Å². The molecule has 0 aliphatic heterocycles. The van der Waals surface area contributed by atoms with E-state index in [2.05, 4.69) is 63.3 Å². The summed E-state index contributed by atoms with van der Waals surface area (Å²) in [4.78, 5) is 0. The van der Waals surface area contributed by atoms with E-state index in [0.717, 1.165) is 13.0 Å². The van der Waals surface area contributed by atoms with Crippen LogP contribution >= 0.6 is 0 Å². The molecule has 0 heterocycles. The molecule has 1 heteroatoms. The summed E-state index contributed by atoms with van der Waals surface area (Å²) in [6, 6.07) is 11.2. The highest BCUT2D eigenvalue weighted by Gasteiger charge is 2.09. The second-order valence-corrected chi connectivity index (χ2v) is 5.77. The van der Waals surface area contributed by atoms with E-state index in [1.54, 1.807) is 0 Å². The Kier molecular flexibility index (Phi) is 4.61. The van der Waals surface area contributed by atoms with Crippen molar-refractivity contribution >= 4 is 0 Å². The van der Waals surface area contributed by atoms with Gasteiger partial charge in [-0.05, 0) is 80.1 Å². The van der Waals surface area contributed by atoms with Gasteiger partial charge in [-0.25, -0.2) is 0 Å². The molecule has 20 heavy (non-hydrogen) atoms. The SMILES string of the molecule is CNCc1cccc(Cc2c(C)c(C)cc(C)c2C)c1. The zero-order chi connectivity index (χ0) is 14.7. The zero-order valence-corrected chi connectivity index (χ0v) is 13.3. The number of aryl methyl sites for hydroxylation is 2. The van der Waals surface area contributed by atoms with Crippen molar-refractivity contribution in [3.8, 4) is 0 Å². The molecule has 0 saturated carbocycles. The standard InChI is InChI=1S/C19H25N/c1-13-9-14(2)16(4)19(15(13)3)11-17-7-6-8-18(10-17)12-20-5/h6-10,20H,11-12H2,1-5H3. The Balaban J connectivity index is 2.37. The molecule has 0 unspecified atom stereocenters. The molecule has 0 bridgehead atoms. The highest BCUT2D eigenvalue weighted by Crippen LogP contribution is 2.24. The van der Waals surface area contributed by atoms with Crippen LogP contribution < -0.4 is 5.32 Å². The van der Waals surface area contributed by atoms with Crippen LogP contribution in [0.25, 0.3) is 0 Å². The lowest BCUT2D eigenvalue weighted by molar-refractivity contribution is 0.816. The van der Waals surface area contributed by atoms with Crippen molar-refractivity contribution in [2.24, 2.45) is 0 Å². The molecule has 2 aromatic rings. The molecular formula is C19H25N. The van der Waals surface area contributed by atoms with Crippen molar-refractivity contribution in [3.63, 3.8) is 0 Å². The van der Waals surface area contributed by atoms with Gasteiger partial charge in [0.1, 0.15) is 0 Å². The molecule has 0 saturated heterocycles. The molecule has 106 valence electrons. The molecule has 0 aliphatic rings. The molecule has 2 aromatic carbocycles. The predicted octanol–water partition coefficient (Wildman–Crippen LogP) is 4.23. The van der Waals surface area contributed by atoms with Gasteiger partial charge in [0.05, 0.1) is 0 Å². The summed E-state index contributed by atoms with van der Waals surface area (Å²) in [7, 11) is 1.99. The quantitative estimate of drug-likeness (QED) is 0.874. The second-order valence-electron chi connectivity index (χ2n) is 5.77. The Morgan fingerprint density at radius 3 is 2.05 bits per heavy atom. The van der Waals surface area contributed by atoms with E-state index >= 15 is 0 Å². The van der Waals surface area contributed by atoms with Gasteiger partial charge in [0, 0.05) is 6.54 Å². The lowest BCUT2D eigenvalue weighted by Gasteiger charge is -2.16. The van der Waals surface area contributed by atoms with Gasteiger partial charge in [0.2, 0.25) is 0 Å². The van der Waals surface area contributed by atoms with Crippen molar-refractivity contribution in [2.75, 3.05) is 7.05 Å². The molecule has 0 radical (unpaired) electrons. The second kappa shape index (κ2) is 6.23. The summed E-state index contributed by atoms with van der Waals surface area (Å²) in [6.45, 7) is 9.84. The Morgan fingerprint density at radius 2 is 1.45 bits per heavy atom. The Morgan fingerprint density at radius 1 is 0.850 bits per heavy atom. The van der Waals surface area contributed by atoms with Crippen molar-refractivity contribution in [2.45, 2.75) is 40.7 Å².